The molecule has 0 radical (unpaired) electrons. The Morgan fingerprint density at radius 1 is 1.37 bits per heavy atom. The lowest BCUT2D eigenvalue weighted by Gasteiger charge is -2.15. The van der Waals surface area contributed by atoms with Crippen molar-refractivity contribution in [3.05, 3.63) is 29.3 Å². The van der Waals surface area contributed by atoms with E-state index in [9.17, 15) is 14.7 Å². The molecule has 0 heterocycles. The van der Waals surface area contributed by atoms with Gasteiger partial charge in [0.2, 0.25) is 0 Å². The lowest BCUT2D eigenvalue weighted by atomic mass is 10.1. The summed E-state index contributed by atoms with van der Waals surface area (Å²) in [5.74, 6) is -1.74. The second kappa shape index (κ2) is 6.78. The second-order valence-electron chi connectivity index (χ2n) is 4.48. The Balaban J connectivity index is 2.82. The van der Waals surface area contributed by atoms with E-state index in [2.05, 4.69) is 5.32 Å². The highest BCUT2D eigenvalue weighted by Crippen LogP contribution is 2.21. The molecule has 3 N–H and O–H groups in total. The van der Waals surface area contributed by atoms with Gasteiger partial charge < -0.3 is 15.5 Å². The van der Waals surface area contributed by atoms with Crippen LogP contribution >= 0.6 is 0 Å². The second-order valence-corrected chi connectivity index (χ2v) is 4.48. The van der Waals surface area contributed by atoms with E-state index in [1.165, 1.54) is 6.07 Å². The summed E-state index contributed by atoms with van der Waals surface area (Å²) < 4.78 is 0. The maximum Gasteiger partial charge on any atom is 0.326 e. The van der Waals surface area contributed by atoms with Crippen molar-refractivity contribution in [3.8, 4) is 5.75 Å². The molecule has 1 aromatic rings. The number of phenols is 1. The van der Waals surface area contributed by atoms with Gasteiger partial charge in [0.25, 0.3) is 5.91 Å². The van der Waals surface area contributed by atoms with Gasteiger partial charge in [0, 0.05) is 0 Å². The third-order valence-corrected chi connectivity index (χ3v) is 2.93. The fourth-order valence-corrected chi connectivity index (χ4v) is 1.74. The summed E-state index contributed by atoms with van der Waals surface area (Å²) >= 11 is 0. The van der Waals surface area contributed by atoms with Crippen LogP contribution in [0.3, 0.4) is 0 Å². The Bertz CT molecular complexity index is 471. The smallest absolute Gasteiger partial charge is 0.326 e. The summed E-state index contributed by atoms with van der Waals surface area (Å²) in [7, 11) is 0. The summed E-state index contributed by atoms with van der Waals surface area (Å²) in [4.78, 5) is 23.0. The van der Waals surface area contributed by atoms with E-state index in [1.54, 1.807) is 19.1 Å². The van der Waals surface area contributed by atoms with Crippen molar-refractivity contribution in [2.75, 3.05) is 0 Å². The monoisotopic (exact) mass is 265 g/mol. The minimum Gasteiger partial charge on any atom is -0.507 e. The number of rotatable bonds is 6. The fraction of sp³-hybridized carbons (Fsp3) is 0.429. The van der Waals surface area contributed by atoms with Crippen molar-refractivity contribution in [1.29, 1.82) is 0 Å². The predicted molar refractivity (Wildman–Crippen MR) is 71.3 cm³/mol. The minimum absolute atomic E-state index is 0.0998. The van der Waals surface area contributed by atoms with Gasteiger partial charge in [-0.25, -0.2) is 4.79 Å². The van der Waals surface area contributed by atoms with E-state index in [0.717, 1.165) is 12.8 Å². The average molecular weight is 265 g/mol. The largest absolute Gasteiger partial charge is 0.507 e. The number of aliphatic carboxylic acids is 1. The number of unbranched alkanes of at least 4 members (excludes halogenated alkanes) is 1. The number of phenolic OH excluding ortho intramolecular Hbond substituents is 1. The molecular formula is C14H19NO4. The topological polar surface area (TPSA) is 86.6 Å². The SMILES string of the molecule is CCCC[C@H](NC(=O)c1cccc(C)c1O)C(=O)O. The number of carboxylic acid groups (broad SMARTS) is 1. The van der Waals surface area contributed by atoms with Gasteiger partial charge >= 0.3 is 5.97 Å². The fourth-order valence-electron chi connectivity index (χ4n) is 1.74. The lowest BCUT2D eigenvalue weighted by molar-refractivity contribution is -0.139. The highest BCUT2D eigenvalue weighted by molar-refractivity contribution is 5.99. The van der Waals surface area contributed by atoms with Crippen LogP contribution in [0.15, 0.2) is 18.2 Å². The Kier molecular flexibility index (Phi) is 5.36. The van der Waals surface area contributed by atoms with Crippen LogP contribution in [0.25, 0.3) is 0 Å². The summed E-state index contributed by atoms with van der Waals surface area (Å²) in [6, 6.07) is 3.87. The zero-order chi connectivity index (χ0) is 14.4. The van der Waals surface area contributed by atoms with Crippen LogP contribution in [0.5, 0.6) is 5.75 Å². The number of hydrogen-bond acceptors (Lipinski definition) is 3. The molecule has 0 saturated carbocycles. The van der Waals surface area contributed by atoms with Gasteiger partial charge in [-0.2, -0.15) is 0 Å². The van der Waals surface area contributed by atoms with Gasteiger partial charge in [-0.15, -0.1) is 0 Å². The number of carbonyl (C=O) groups is 2. The Hall–Kier alpha value is -2.04. The molecule has 19 heavy (non-hydrogen) atoms. The van der Waals surface area contributed by atoms with Crippen LogP contribution in [-0.4, -0.2) is 28.1 Å². The highest BCUT2D eigenvalue weighted by atomic mass is 16.4. The maximum atomic E-state index is 12.0. The van der Waals surface area contributed by atoms with E-state index < -0.39 is 17.9 Å². The van der Waals surface area contributed by atoms with Crippen molar-refractivity contribution in [3.63, 3.8) is 0 Å². The van der Waals surface area contributed by atoms with Gasteiger partial charge in [-0.1, -0.05) is 31.9 Å². The standard InChI is InChI=1S/C14H19NO4/c1-3-4-8-11(14(18)19)15-13(17)10-7-5-6-9(2)12(10)16/h5-7,11,16H,3-4,8H2,1-2H3,(H,15,17)(H,18,19)/t11-/m0/s1. The maximum absolute atomic E-state index is 12.0. The lowest BCUT2D eigenvalue weighted by Crippen LogP contribution is -2.40. The molecule has 0 aliphatic carbocycles. The number of hydrogen-bond donors (Lipinski definition) is 3. The van der Waals surface area contributed by atoms with Crippen molar-refractivity contribution >= 4 is 11.9 Å². The normalized spacial score (nSPS) is 11.9. The van der Waals surface area contributed by atoms with Gasteiger partial charge in [-0.3, -0.25) is 4.79 Å². The molecule has 0 aromatic heterocycles. The van der Waals surface area contributed by atoms with Crippen LogP contribution in [-0.2, 0) is 4.79 Å². The molecular weight excluding hydrogens is 246 g/mol. The highest BCUT2D eigenvalue weighted by Gasteiger charge is 2.21. The van der Waals surface area contributed by atoms with Crippen LogP contribution in [0.2, 0.25) is 0 Å². The number of aromatic hydroxyl groups is 1. The molecule has 1 atom stereocenters. The van der Waals surface area contributed by atoms with Gasteiger partial charge in [-0.05, 0) is 25.0 Å². The predicted octanol–water partition coefficient (Wildman–Crippen LogP) is 2.07. The molecule has 0 aliphatic heterocycles. The average Bonchev–Trinajstić information content (AvgIpc) is 2.37. The van der Waals surface area contributed by atoms with E-state index in [0.29, 0.717) is 12.0 Å². The quantitative estimate of drug-likeness (QED) is 0.735. The minimum atomic E-state index is -1.06. The first-order chi connectivity index (χ1) is 8.97. The molecule has 104 valence electrons. The van der Waals surface area contributed by atoms with Crippen LogP contribution < -0.4 is 5.32 Å². The van der Waals surface area contributed by atoms with E-state index in [-0.39, 0.29) is 11.3 Å². The summed E-state index contributed by atoms with van der Waals surface area (Å²) in [6.45, 7) is 3.63. The zero-order valence-corrected chi connectivity index (χ0v) is 11.1. The number of benzene rings is 1. The molecule has 5 nitrogen and oxygen atoms in total. The first-order valence-electron chi connectivity index (χ1n) is 6.29. The molecule has 1 rings (SSSR count). The summed E-state index contributed by atoms with van der Waals surface area (Å²) in [5, 5.41) is 21.3. The number of carbonyl (C=O) groups excluding carboxylic acids is 1. The third kappa shape index (κ3) is 3.98. The van der Waals surface area contributed by atoms with Gasteiger partial charge in [0.15, 0.2) is 0 Å². The molecule has 0 bridgehead atoms. The summed E-state index contributed by atoms with van der Waals surface area (Å²) in [6.07, 6.45) is 1.95. The number of aryl methyl sites for hydroxylation is 1. The van der Waals surface area contributed by atoms with E-state index >= 15 is 0 Å². The van der Waals surface area contributed by atoms with Crippen LogP contribution in [0, 0.1) is 6.92 Å². The van der Waals surface area contributed by atoms with Crippen molar-refractivity contribution < 1.29 is 19.8 Å². The first kappa shape index (κ1) is 15.0. The van der Waals surface area contributed by atoms with Crippen LogP contribution in [0.4, 0.5) is 0 Å². The van der Waals surface area contributed by atoms with Gasteiger partial charge in [0.1, 0.15) is 11.8 Å². The number of carboxylic acids is 1. The molecule has 1 amide bonds. The van der Waals surface area contributed by atoms with E-state index in [4.69, 9.17) is 5.11 Å². The van der Waals surface area contributed by atoms with E-state index in [1.807, 2.05) is 6.92 Å². The molecule has 0 saturated heterocycles. The molecule has 0 fully saturated rings. The van der Waals surface area contributed by atoms with Crippen molar-refractivity contribution in [2.45, 2.75) is 39.2 Å². The number of amides is 1. The Labute approximate surface area is 112 Å². The molecule has 0 spiro atoms. The van der Waals surface area contributed by atoms with Crippen LogP contribution in [0.1, 0.15) is 42.1 Å². The molecule has 5 heteroatoms. The Morgan fingerprint density at radius 2 is 2.05 bits per heavy atom. The molecule has 0 unspecified atom stereocenters. The molecule has 0 aliphatic rings. The molecule has 1 aromatic carbocycles. The summed E-state index contributed by atoms with van der Waals surface area (Å²) in [5.41, 5.74) is 0.677. The third-order valence-electron chi connectivity index (χ3n) is 2.93. The number of para-hydroxylation sites is 1. The Morgan fingerprint density at radius 3 is 2.63 bits per heavy atom. The van der Waals surface area contributed by atoms with Crippen molar-refractivity contribution in [2.24, 2.45) is 0 Å². The van der Waals surface area contributed by atoms with Gasteiger partial charge in [0.05, 0.1) is 5.56 Å². The van der Waals surface area contributed by atoms with Crippen molar-refractivity contribution in [1.82, 2.24) is 5.32 Å². The first-order valence-corrected chi connectivity index (χ1v) is 6.29. The zero-order valence-electron chi connectivity index (χ0n) is 11.1. The number of nitrogens with one attached hydrogen (secondary N) is 1.